The molecule has 35 heavy (non-hydrogen) atoms. The summed E-state index contributed by atoms with van der Waals surface area (Å²) in [5, 5.41) is 17.2. The number of aliphatic carboxylic acids is 1. The monoisotopic (exact) mass is 520 g/mol. The topological polar surface area (TPSA) is 118 Å². The van der Waals surface area contributed by atoms with Crippen LogP contribution in [0.1, 0.15) is 96.8 Å². The molecule has 8 nitrogen and oxygen atoms in total. The molecule has 1 rings (SSSR count). The van der Waals surface area contributed by atoms with Gasteiger partial charge in [-0.2, -0.15) is 8.42 Å². The summed E-state index contributed by atoms with van der Waals surface area (Å²) in [5.41, 5.74) is 0. The predicted molar refractivity (Wildman–Crippen MR) is 143 cm³/mol. The fourth-order valence-electron chi connectivity index (χ4n) is 3.97. The van der Waals surface area contributed by atoms with E-state index in [0.717, 1.165) is 39.0 Å². The van der Waals surface area contributed by atoms with Crippen LogP contribution >= 0.6 is 0 Å². The summed E-state index contributed by atoms with van der Waals surface area (Å²) in [4.78, 5) is 14.5. The minimum Gasteiger partial charge on any atom is -0.481 e. The van der Waals surface area contributed by atoms with Gasteiger partial charge in [0, 0.05) is 45.7 Å². The van der Waals surface area contributed by atoms with E-state index in [0.29, 0.717) is 19.5 Å². The highest BCUT2D eigenvalue weighted by Crippen LogP contribution is 2.10. The molecule has 0 spiro atoms. The summed E-state index contributed by atoms with van der Waals surface area (Å²) < 4.78 is 29.6. The highest BCUT2D eigenvalue weighted by Gasteiger charge is 2.17. The Labute approximate surface area is 214 Å². The van der Waals surface area contributed by atoms with E-state index in [9.17, 15) is 13.2 Å². The first-order valence-electron chi connectivity index (χ1n) is 13.7. The molecule has 3 N–H and O–H groups in total. The number of carbonyl (C=O) groups is 1. The lowest BCUT2D eigenvalue weighted by Gasteiger charge is -2.33. The van der Waals surface area contributed by atoms with Gasteiger partial charge in [-0.25, -0.2) is 0 Å². The molecule has 1 fully saturated rings. The van der Waals surface area contributed by atoms with Crippen LogP contribution in [0.4, 0.5) is 0 Å². The predicted octanol–water partition coefficient (Wildman–Crippen LogP) is 4.59. The van der Waals surface area contributed by atoms with Gasteiger partial charge in [0.1, 0.15) is 0 Å². The van der Waals surface area contributed by atoms with Gasteiger partial charge in [0.25, 0.3) is 10.1 Å². The van der Waals surface area contributed by atoms with Gasteiger partial charge >= 0.3 is 5.97 Å². The summed E-state index contributed by atoms with van der Waals surface area (Å²) in [6, 6.07) is 0. The van der Waals surface area contributed by atoms with Crippen LogP contribution in [0.3, 0.4) is 0 Å². The van der Waals surface area contributed by atoms with Crippen molar-refractivity contribution in [2.75, 3.05) is 51.6 Å². The van der Waals surface area contributed by atoms with Crippen molar-refractivity contribution in [2.24, 2.45) is 0 Å². The molecular formula is C26H52N2O6S. The van der Waals surface area contributed by atoms with Crippen molar-refractivity contribution in [3.63, 3.8) is 0 Å². The average Bonchev–Trinajstić information content (AvgIpc) is 2.81. The van der Waals surface area contributed by atoms with Crippen LogP contribution in [-0.2, 0) is 14.9 Å². The lowest BCUT2D eigenvalue weighted by atomic mass is 10.1. The molecule has 1 saturated heterocycles. The Hall–Kier alpha value is -1.00. The lowest BCUT2D eigenvalue weighted by molar-refractivity contribution is -0.137. The van der Waals surface area contributed by atoms with Crippen LogP contribution in [0.15, 0.2) is 12.2 Å². The van der Waals surface area contributed by atoms with Crippen LogP contribution in [0.5, 0.6) is 0 Å². The number of piperazine rings is 1. The van der Waals surface area contributed by atoms with E-state index in [4.69, 9.17) is 14.8 Å². The third kappa shape index (κ3) is 25.9. The van der Waals surface area contributed by atoms with Crippen molar-refractivity contribution in [1.82, 2.24) is 9.80 Å². The summed E-state index contributed by atoms with van der Waals surface area (Å²) in [5.74, 6) is -0.866. The Morgan fingerprint density at radius 3 is 1.69 bits per heavy atom. The number of unbranched alkanes of at least 4 members (excludes halogenated alkanes) is 11. The average molecular weight is 521 g/mol. The Morgan fingerprint density at radius 2 is 1.23 bits per heavy atom. The number of hydrogen-bond acceptors (Lipinski definition) is 6. The molecule has 0 aromatic carbocycles. The zero-order chi connectivity index (χ0) is 26.2. The Kier molecular flexibility index (Phi) is 22.7. The molecule has 208 valence electrons. The molecule has 9 heteroatoms. The van der Waals surface area contributed by atoms with E-state index >= 15 is 0 Å². The number of aliphatic hydroxyl groups is 1. The first-order chi connectivity index (χ1) is 16.8. The number of rotatable bonds is 20. The van der Waals surface area contributed by atoms with Gasteiger partial charge in [-0.05, 0) is 32.1 Å². The molecule has 0 aliphatic carbocycles. The van der Waals surface area contributed by atoms with Crippen molar-refractivity contribution in [3.8, 4) is 0 Å². The molecule has 1 aliphatic heterocycles. The van der Waals surface area contributed by atoms with Gasteiger partial charge in [0.05, 0.1) is 12.4 Å². The van der Waals surface area contributed by atoms with Gasteiger partial charge in [-0.15, -0.1) is 0 Å². The highest BCUT2D eigenvalue weighted by molar-refractivity contribution is 7.85. The summed E-state index contributed by atoms with van der Waals surface area (Å²) in [7, 11) is -3.84. The van der Waals surface area contributed by atoms with Crippen LogP contribution in [0, 0.1) is 0 Å². The third-order valence-electron chi connectivity index (χ3n) is 6.20. The maximum atomic E-state index is 10.5. The first kappa shape index (κ1) is 34.0. The van der Waals surface area contributed by atoms with E-state index in [2.05, 4.69) is 24.0 Å². The number of nitrogens with zero attached hydrogens (tertiary/aromatic N) is 2. The Morgan fingerprint density at radius 1 is 0.771 bits per heavy atom. The van der Waals surface area contributed by atoms with E-state index < -0.39 is 16.1 Å². The molecule has 0 aromatic rings. The molecule has 0 saturated carbocycles. The molecule has 0 radical (unpaired) electrons. The minimum absolute atomic E-state index is 0.158. The fraction of sp³-hybridized carbons (Fsp3) is 0.885. The van der Waals surface area contributed by atoms with Gasteiger partial charge in [-0.1, -0.05) is 70.4 Å². The SMILES string of the molecule is CCCCCCCCC=CCCCCCCCC(=O)O.O=S(=O)(O)CCN1CCN(CCO)CC1. The Bertz CT molecular complexity index is 619. The van der Waals surface area contributed by atoms with Gasteiger partial charge in [0.15, 0.2) is 0 Å². The maximum absolute atomic E-state index is 10.5. The third-order valence-corrected chi connectivity index (χ3v) is 6.90. The summed E-state index contributed by atoms with van der Waals surface area (Å²) in [6.45, 7) is 6.72. The minimum atomic E-state index is -3.84. The van der Waals surface area contributed by atoms with Gasteiger partial charge in [-0.3, -0.25) is 19.1 Å². The molecule has 0 unspecified atom stereocenters. The second kappa shape index (κ2) is 23.4. The van der Waals surface area contributed by atoms with Crippen molar-refractivity contribution in [2.45, 2.75) is 96.8 Å². The normalized spacial score (nSPS) is 15.3. The molecular weight excluding hydrogens is 468 g/mol. The quantitative estimate of drug-likeness (QED) is 0.121. The van der Waals surface area contributed by atoms with Crippen molar-refractivity contribution in [3.05, 3.63) is 12.2 Å². The smallest absolute Gasteiger partial charge is 0.303 e. The maximum Gasteiger partial charge on any atom is 0.303 e. The van der Waals surface area contributed by atoms with E-state index in [-0.39, 0.29) is 12.4 Å². The van der Waals surface area contributed by atoms with Crippen molar-refractivity contribution < 1.29 is 28.0 Å². The fourth-order valence-corrected chi connectivity index (χ4v) is 4.46. The van der Waals surface area contributed by atoms with Crippen LogP contribution in [0.2, 0.25) is 0 Å². The molecule has 0 atom stereocenters. The summed E-state index contributed by atoms with van der Waals surface area (Å²) in [6.07, 6.45) is 21.2. The van der Waals surface area contributed by atoms with Crippen molar-refractivity contribution >= 4 is 16.1 Å². The second-order valence-corrected chi connectivity index (χ2v) is 11.0. The van der Waals surface area contributed by atoms with Crippen LogP contribution < -0.4 is 0 Å². The first-order valence-corrected chi connectivity index (χ1v) is 15.3. The van der Waals surface area contributed by atoms with E-state index in [1.165, 1.54) is 70.6 Å². The number of hydrogen-bond donors (Lipinski definition) is 3. The number of allylic oxidation sites excluding steroid dienone is 2. The number of carboxylic acid groups (broad SMARTS) is 1. The zero-order valence-corrected chi connectivity index (χ0v) is 22.9. The number of aliphatic hydroxyl groups excluding tert-OH is 1. The van der Waals surface area contributed by atoms with Crippen LogP contribution in [-0.4, -0.2) is 90.6 Å². The lowest BCUT2D eigenvalue weighted by Crippen LogP contribution is -2.48. The number of β-amino-alcohol motifs (C(OH)–C–C–N with tert-alkyl or cyclic N) is 1. The highest BCUT2D eigenvalue weighted by atomic mass is 32.2. The van der Waals surface area contributed by atoms with Crippen LogP contribution in [0.25, 0.3) is 0 Å². The molecule has 1 aliphatic rings. The summed E-state index contributed by atoms with van der Waals surface area (Å²) >= 11 is 0. The Balaban J connectivity index is 0.000000686. The molecule has 0 amide bonds. The van der Waals surface area contributed by atoms with Gasteiger partial charge < -0.3 is 10.2 Å². The van der Waals surface area contributed by atoms with Crippen molar-refractivity contribution in [1.29, 1.82) is 0 Å². The largest absolute Gasteiger partial charge is 0.481 e. The zero-order valence-electron chi connectivity index (χ0n) is 22.1. The van der Waals surface area contributed by atoms with Gasteiger partial charge in [0.2, 0.25) is 0 Å². The second-order valence-electron chi connectivity index (χ2n) is 9.42. The molecule has 1 heterocycles. The standard InChI is InChI=1S/C18H34O2.C8H18N2O4S/c1-2-3-4-5-6-7-8-9-10-11-12-13-14-15-16-17-18(19)20;11-7-5-9-1-3-10(4-2-9)6-8-15(12,13)14/h9-10H,2-8,11-17H2,1H3,(H,19,20);11H,1-8H2,(H,12,13,14). The van der Waals surface area contributed by atoms with E-state index in [1.54, 1.807) is 0 Å². The molecule has 0 bridgehead atoms. The van der Waals surface area contributed by atoms with E-state index in [1.807, 2.05) is 4.90 Å². The number of carboxylic acids is 1. The molecule has 0 aromatic heterocycles.